The number of benzene rings is 1. The van der Waals surface area contributed by atoms with E-state index >= 15 is 0 Å². The highest BCUT2D eigenvalue weighted by atomic mass is 32.2. The summed E-state index contributed by atoms with van der Waals surface area (Å²) in [5.41, 5.74) is 1.40. The zero-order valence-electron chi connectivity index (χ0n) is 14.0. The molecule has 1 amide bonds. The van der Waals surface area contributed by atoms with Crippen molar-refractivity contribution in [2.75, 3.05) is 18.4 Å². The standard InChI is InChI=1S/C17H19N3O4S/c1-12-4-3-5-17(18-12)24-15-10-20(11-15)25(22,23)16-8-6-14(7-9-16)19-13(2)21/h3-9,15H,10-11H2,1-2H3,(H,19,21). The molecule has 1 aliphatic heterocycles. The average molecular weight is 361 g/mol. The van der Waals surface area contributed by atoms with Crippen LogP contribution in [0.3, 0.4) is 0 Å². The Kier molecular flexibility index (Phi) is 4.73. The SMILES string of the molecule is CC(=O)Nc1ccc(S(=O)(=O)N2CC(Oc3cccc(C)n3)C2)cc1. The Balaban J connectivity index is 1.62. The fraction of sp³-hybridized carbons (Fsp3) is 0.294. The maximum Gasteiger partial charge on any atom is 0.243 e. The lowest BCUT2D eigenvalue weighted by Crippen LogP contribution is -2.56. The molecule has 8 heteroatoms. The maximum absolute atomic E-state index is 12.6. The minimum Gasteiger partial charge on any atom is -0.472 e. The Morgan fingerprint density at radius 1 is 1.20 bits per heavy atom. The van der Waals surface area contributed by atoms with Crippen LogP contribution in [0.2, 0.25) is 0 Å². The van der Waals surface area contributed by atoms with Gasteiger partial charge < -0.3 is 10.1 Å². The number of aryl methyl sites for hydroxylation is 1. The molecule has 1 aliphatic rings. The van der Waals surface area contributed by atoms with Crippen LogP contribution in [-0.2, 0) is 14.8 Å². The normalized spacial score (nSPS) is 15.4. The van der Waals surface area contributed by atoms with E-state index < -0.39 is 10.0 Å². The third-order valence-corrected chi connectivity index (χ3v) is 5.62. The van der Waals surface area contributed by atoms with E-state index in [-0.39, 0.29) is 30.0 Å². The molecule has 3 rings (SSSR count). The quantitative estimate of drug-likeness (QED) is 0.877. The molecule has 1 saturated heterocycles. The largest absolute Gasteiger partial charge is 0.472 e. The molecule has 0 saturated carbocycles. The molecule has 0 spiro atoms. The van der Waals surface area contributed by atoms with Gasteiger partial charge in [0.25, 0.3) is 0 Å². The summed E-state index contributed by atoms with van der Waals surface area (Å²) in [6, 6.07) is 11.6. The van der Waals surface area contributed by atoms with Gasteiger partial charge in [-0.25, -0.2) is 13.4 Å². The molecule has 0 aliphatic carbocycles. The van der Waals surface area contributed by atoms with E-state index in [1.807, 2.05) is 19.1 Å². The lowest BCUT2D eigenvalue weighted by molar-refractivity contribution is -0.114. The monoisotopic (exact) mass is 361 g/mol. The van der Waals surface area contributed by atoms with E-state index in [1.165, 1.54) is 23.4 Å². The summed E-state index contributed by atoms with van der Waals surface area (Å²) in [4.78, 5) is 15.4. The minimum absolute atomic E-state index is 0.189. The molecule has 0 bridgehead atoms. The van der Waals surface area contributed by atoms with Crippen molar-refractivity contribution in [3.8, 4) is 5.88 Å². The molecule has 1 fully saturated rings. The van der Waals surface area contributed by atoms with Crippen molar-refractivity contribution in [2.45, 2.75) is 24.8 Å². The summed E-state index contributed by atoms with van der Waals surface area (Å²) >= 11 is 0. The lowest BCUT2D eigenvalue weighted by Gasteiger charge is -2.37. The second kappa shape index (κ2) is 6.81. The summed E-state index contributed by atoms with van der Waals surface area (Å²) in [5, 5.41) is 2.61. The van der Waals surface area contributed by atoms with Crippen LogP contribution in [0.4, 0.5) is 5.69 Å². The predicted octanol–water partition coefficient (Wildman–Crippen LogP) is 1.80. The average Bonchev–Trinajstić information content (AvgIpc) is 2.50. The van der Waals surface area contributed by atoms with Gasteiger partial charge in [-0.05, 0) is 37.3 Å². The first-order valence-electron chi connectivity index (χ1n) is 7.83. The van der Waals surface area contributed by atoms with Crippen LogP contribution < -0.4 is 10.1 Å². The van der Waals surface area contributed by atoms with Gasteiger partial charge in [0.05, 0.1) is 18.0 Å². The molecule has 0 atom stereocenters. The lowest BCUT2D eigenvalue weighted by atomic mass is 10.2. The Morgan fingerprint density at radius 3 is 2.48 bits per heavy atom. The fourth-order valence-electron chi connectivity index (χ4n) is 2.49. The van der Waals surface area contributed by atoms with Crippen molar-refractivity contribution in [3.63, 3.8) is 0 Å². The van der Waals surface area contributed by atoms with Gasteiger partial charge >= 0.3 is 0 Å². The summed E-state index contributed by atoms with van der Waals surface area (Å²) in [6.45, 7) is 3.83. The number of ether oxygens (including phenoxy) is 1. The molecule has 0 unspecified atom stereocenters. The van der Waals surface area contributed by atoms with Crippen LogP contribution in [-0.4, -0.2) is 42.8 Å². The van der Waals surface area contributed by atoms with E-state index in [0.29, 0.717) is 11.6 Å². The van der Waals surface area contributed by atoms with E-state index in [0.717, 1.165) is 5.69 Å². The van der Waals surface area contributed by atoms with E-state index in [2.05, 4.69) is 10.3 Å². The molecule has 0 radical (unpaired) electrons. The highest BCUT2D eigenvalue weighted by Gasteiger charge is 2.38. The molecule has 1 N–H and O–H groups in total. The van der Waals surface area contributed by atoms with Crippen molar-refractivity contribution in [3.05, 3.63) is 48.2 Å². The zero-order valence-corrected chi connectivity index (χ0v) is 14.8. The van der Waals surface area contributed by atoms with Gasteiger partial charge in [-0.15, -0.1) is 0 Å². The van der Waals surface area contributed by atoms with Crippen molar-refractivity contribution in [2.24, 2.45) is 0 Å². The number of sulfonamides is 1. The number of hydrogen-bond acceptors (Lipinski definition) is 5. The highest BCUT2D eigenvalue weighted by Crippen LogP contribution is 2.25. The van der Waals surface area contributed by atoms with Crippen LogP contribution in [0.25, 0.3) is 0 Å². The van der Waals surface area contributed by atoms with Crippen molar-refractivity contribution in [1.29, 1.82) is 0 Å². The number of carbonyl (C=O) groups is 1. The molecule has 1 aromatic heterocycles. The van der Waals surface area contributed by atoms with Gasteiger partial charge in [0.2, 0.25) is 21.8 Å². The molecular weight excluding hydrogens is 342 g/mol. The number of nitrogens with one attached hydrogen (secondary N) is 1. The molecular formula is C17H19N3O4S. The summed E-state index contributed by atoms with van der Waals surface area (Å²) in [6.07, 6.45) is -0.206. The van der Waals surface area contributed by atoms with Crippen molar-refractivity contribution in [1.82, 2.24) is 9.29 Å². The van der Waals surface area contributed by atoms with Crippen LogP contribution in [0.15, 0.2) is 47.4 Å². The van der Waals surface area contributed by atoms with Crippen molar-refractivity contribution >= 4 is 21.6 Å². The van der Waals surface area contributed by atoms with Gasteiger partial charge in [-0.3, -0.25) is 4.79 Å². The predicted molar refractivity (Wildman–Crippen MR) is 92.9 cm³/mol. The maximum atomic E-state index is 12.6. The van der Waals surface area contributed by atoms with Gasteiger partial charge in [-0.1, -0.05) is 6.07 Å². The van der Waals surface area contributed by atoms with Crippen LogP contribution in [0, 0.1) is 6.92 Å². The van der Waals surface area contributed by atoms with Crippen molar-refractivity contribution < 1.29 is 17.9 Å². The number of carbonyl (C=O) groups excluding carboxylic acids is 1. The molecule has 25 heavy (non-hydrogen) atoms. The van der Waals surface area contributed by atoms with Crippen LogP contribution in [0.5, 0.6) is 5.88 Å². The molecule has 7 nitrogen and oxygen atoms in total. The van der Waals surface area contributed by atoms with Crippen LogP contribution in [0.1, 0.15) is 12.6 Å². The Bertz CT molecular complexity index is 875. The van der Waals surface area contributed by atoms with E-state index in [9.17, 15) is 13.2 Å². The number of nitrogens with zero attached hydrogens (tertiary/aromatic N) is 2. The number of pyridine rings is 1. The summed E-state index contributed by atoms with van der Waals surface area (Å²) in [7, 11) is -3.56. The third kappa shape index (κ3) is 3.97. The Morgan fingerprint density at radius 2 is 1.88 bits per heavy atom. The fourth-order valence-corrected chi connectivity index (χ4v) is 3.99. The van der Waals surface area contributed by atoms with E-state index in [4.69, 9.17) is 4.74 Å². The van der Waals surface area contributed by atoms with Gasteiger partial charge in [-0.2, -0.15) is 4.31 Å². The third-order valence-electron chi connectivity index (χ3n) is 3.78. The number of anilines is 1. The Labute approximate surface area is 146 Å². The number of rotatable bonds is 5. The first-order chi connectivity index (χ1) is 11.8. The Hall–Kier alpha value is -2.45. The number of hydrogen-bond donors (Lipinski definition) is 1. The van der Waals surface area contributed by atoms with E-state index in [1.54, 1.807) is 18.2 Å². The topological polar surface area (TPSA) is 88.6 Å². The van der Waals surface area contributed by atoms with Gasteiger partial charge in [0.15, 0.2) is 0 Å². The zero-order chi connectivity index (χ0) is 18.0. The summed E-state index contributed by atoms with van der Waals surface area (Å²) in [5.74, 6) is 0.296. The second-order valence-electron chi connectivity index (χ2n) is 5.88. The van der Waals surface area contributed by atoms with Gasteiger partial charge in [0.1, 0.15) is 6.10 Å². The number of aromatic nitrogens is 1. The smallest absolute Gasteiger partial charge is 0.243 e. The first-order valence-corrected chi connectivity index (χ1v) is 9.27. The molecule has 132 valence electrons. The molecule has 2 heterocycles. The minimum atomic E-state index is -3.56. The summed E-state index contributed by atoms with van der Waals surface area (Å²) < 4.78 is 32.2. The molecule has 2 aromatic rings. The molecule has 1 aromatic carbocycles. The second-order valence-corrected chi connectivity index (χ2v) is 7.82. The van der Waals surface area contributed by atoms with Crippen LogP contribution >= 0.6 is 0 Å². The first kappa shape index (κ1) is 17.4. The number of amides is 1. The highest BCUT2D eigenvalue weighted by molar-refractivity contribution is 7.89. The van der Waals surface area contributed by atoms with Gasteiger partial charge in [0, 0.05) is 24.4 Å².